The Morgan fingerprint density at radius 3 is 2.47 bits per heavy atom. The zero-order valence-electron chi connectivity index (χ0n) is 13.0. The molecule has 0 aliphatic heterocycles. The zero-order chi connectivity index (χ0) is 14.4. The van der Waals surface area contributed by atoms with E-state index in [0.717, 1.165) is 25.8 Å². The van der Waals surface area contributed by atoms with Crippen molar-refractivity contribution >= 4 is 5.91 Å². The molecule has 0 aromatic rings. The number of nitrogens with one attached hydrogen (secondary N) is 1. The second kappa shape index (κ2) is 7.85. The molecule has 1 amide bonds. The Morgan fingerprint density at radius 2 is 1.95 bits per heavy atom. The summed E-state index contributed by atoms with van der Waals surface area (Å²) >= 11 is 0. The van der Waals surface area contributed by atoms with Crippen LogP contribution in [0.2, 0.25) is 0 Å². The molecule has 0 aromatic heterocycles. The Morgan fingerprint density at radius 1 is 1.32 bits per heavy atom. The Hall–Kier alpha value is -0.610. The van der Waals surface area contributed by atoms with Crippen LogP contribution >= 0.6 is 0 Å². The van der Waals surface area contributed by atoms with Crippen LogP contribution in [0.5, 0.6) is 0 Å². The Balaban J connectivity index is 2.59. The van der Waals surface area contributed by atoms with Crippen LogP contribution in [0.25, 0.3) is 0 Å². The van der Waals surface area contributed by atoms with Gasteiger partial charge in [0.25, 0.3) is 0 Å². The van der Waals surface area contributed by atoms with Crippen LogP contribution in [-0.2, 0) is 4.79 Å². The summed E-state index contributed by atoms with van der Waals surface area (Å²) in [5, 5.41) is 3.25. The summed E-state index contributed by atoms with van der Waals surface area (Å²) in [6.07, 6.45) is 4.49. The topological polar surface area (TPSA) is 58.4 Å². The molecule has 4 heteroatoms. The third kappa shape index (κ3) is 5.11. The van der Waals surface area contributed by atoms with E-state index in [1.54, 1.807) is 0 Å². The van der Waals surface area contributed by atoms with Crippen molar-refractivity contribution in [2.24, 2.45) is 23.5 Å². The van der Waals surface area contributed by atoms with Gasteiger partial charge in [-0.05, 0) is 45.3 Å². The SMILES string of the molecule is CC(C)C(CN(C)C)NC(=O)C1CCCCC1CN. The van der Waals surface area contributed by atoms with Crippen molar-refractivity contribution in [1.29, 1.82) is 0 Å². The van der Waals surface area contributed by atoms with E-state index in [-0.39, 0.29) is 17.9 Å². The van der Waals surface area contributed by atoms with Gasteiger partial charge in [0.15, 0.2) is 0 Å². The van der Waals surface area contributed by atoms with E-state index in [0.29, 0.717) is 18.4 Å². The molecule has 1 rings (SSSR count). The maximum atomic E-state index is 12.5. The van der Waals surface area contributed by atoms with Gasteiger partial charge in [0.1, 0.15) is 0 Å². The number of nitrogens with zero attached hydrogens (tertiary/aromatic N) is 1. The van der Waals surface area contributed by atoms with Gasteiger partial charge in [-0.25, -0.2) is 0 Å². The first-order valence-electron chi connectivity index (χ1n) is 7.60. The first-order chi connectivity index (χ1) is 8.95. The summed E-state index contributed by atoms with van der Waals surface area (Å²) in [6, 6.07) is 0.225. The highest BCUT2D eigenvalue weighted by molar-refractivity contribution is 5.79. The molecule has 0 saturated heterocycles. The lowest BCUT2D eigenvalue weighted by atomic mass is 9.78. The van der Waals surface area contributed by atoms with Crippen LogP contribution in [-0.4, -0.2) is 44.0 Å². The van der Waals surface area contributed by atoms with Crippen molar-refractivity contribution < 1.29 is 4.79 Å². The molecule has 0 bridgehead atoms. The molecule has 4 nitrogen and oxygen atoms in total. The Kier molecular flexibility index (Phi) is 6.80. The molecule has 3 unspecified atom stereocenters. The highest BCUT2D eigenvalue weighted by Gasteiger charge is 2.31. The number of likely N-dealkylation sites (N-methyl/N-ethyl adjacent to an activating group) is 1. The number of carbonyl (C=O) groups is 1. The fraction of sp³-hybridized carbons (Fsp3) is 0.933. The van der Waals surface area contributed by atoms with Crippen molar-refractivity contribution in [1.82, 2.24) is 10.2 Å². The second-order valence-electron chi connectivity index (χ2n) is 6.51. The molecule has 0 spiro atoms. The summed E-state index contributed by atoms with van der Waals surface area (Å²) in [4.78, 5) is 14.6. The largest absolute Gasteiger partial charge is 0.352 e. The molecule has 3 atom stereocenters. The van der Waals surface area contributed by atoms with Gasteiger partial charge < -0.3 is 16.0 Å². The van der Waals surface area contributed by atoms with E-state index in [2.05, 4.69) is 24.1 Å². The zero-order valence-corrected chi connectivity index (χ0v) is 13.0. The van der Waals surface area contributed by atoms with E-state index in [9.17, 15) is 4.79 Å². The average Bonchev–Trinajstić information content (AvgIpc) is 2.37. The van der Waals surface area contributed by atoms with Gasteiger partial charge in [-0.2, -0.15) is 0 Å². The minimum Gasteiger partial charge on any atom is -0.352 e. The van der Waals surface area contributed by atoms with Gasteiger partial charge in [-0.1, -0.05) is 26.7 Å². The molecule has 1 aliphatic rings. The predicted molar refractivity (Wildman–Crippen MR) is 79.8 cm³/mol. The molecule has 0 heterocycles. The third-order valence-electron chi connectivity index (χ3n) is 4.24. The summed E-state index contributed by atoms with van der Waals surface area (Å²) in [5.41, 5.74) is 5.81. The van der Waals surface area contributed by atoms with Crippen molar-refractivity contribution in [3.63, 3.8) is 0 Å². The first kappa shape index (κ1) is 16.4. The van der Waals surface area contributed by atoms with Gasteiger partial charge in [-0.3, -0.25) is 4.79 Å². The van der Waals surface area contributed by atoms with E-state index in [1.807, 2.05) is 14.1 Å². The van der Waals surface area contributed by atoms with Gasteiger partial charge in [-0.15, -0.1) is 0 Å². The quantitative estimate of drug-likeness (QED) is 0.767. The van der Waals surface area contributed by atoms with Crippen LogP contribution in [0.15, 0.2) is 0 Å². The van der Waals surface area contributed by atoms with Crippen molar-refractivity contribution in [2.75, 3.05) is 27.2 Å². The van der Waals surface area contributed by atoms with E-state index in [4.69, 9.17) is 5.73 Å². The van der Waals surface area contributed by atoms with Gasteiger partial charge in [0.05, 0.1) is 0 Å². The number of hydrogen-bond donors (Lipinski definition) is 2. The lowest BCUT2D eigenvalue weighted by Crippen LogP contribution is -2.49. The molecule has 1 aliphatic carbocycles. The number of carbonyl (C=O) groups excluding carboxylic acids is 1. The van der Waals surface area contributed by atoms with E-state index in [1.165, 1.54) is 6.42 Å². The van der Waals surface area contributed by atoms with Gasteiger partial charge >= 0.3 is 0 Å². The standard InChI is InChI=1S/C15H31N3O/c1-11(2)14(10-18(3)4)17-15(19)13-8-6-5-7-12(13)9-16/h11-14H,5-10,16H2,1-4H3,(H,17,19). The third-order valence-corrected chi connectivity index (χ3v) is 4.24. The molecule has 112 valence electrons. The summed E-state index contributed by atoms with van der Waals surface area (Å²) in [5.74, 6) is 1.17. The van der Waals surface area contributed by atoms with Crippen LogP contribution in [0, 0.1) is 17.8 Å². The number of amides is 1. The highest BCUT2D eigenvalue weighted by Crippen LogP contribution is 2.29. The van der Waals surface area contributed by atoms with Crippen LogP contribution in [0.4, 0.5) is 0 Å². The van der Waals surface area contributed by atoms with Crippen molar-refractivity contribution in [2.45, 2.75) is 45.6 Å². The monoisotopic (exact) mass is 269 g/mol. The summed E-state index contributed by atoms with van der Waals surface area (Å²) < 4.78 is 0. The minimum atomic E-state index is 0.127. The first-order valence-corrected chi connectivity index (χ1v) is 7.60. The molecular weight excluding hydrogens is 238 g/mol. The highest BCUT2D eigenvalue weighted by atomic mass is 16.2. The van der Waals surface area contributed by atoms with Crippen LogP contribution in [0.3, 0.4) is 0 Å². The predicted octanol–water partition coefficient (Wildman–Crippen LogP) is 1.45. The lowest BCUT2D eigenvalue weighted by molar-refractivity contribution is -0.128. The Labute approximate surface area is 118 Å². The molecule has 3 N–H and O–H groups in total. The fourth-order valence-electron chi connectivity index (χ4n) is 2.94. The Bertz CT molecular complexity index is 279. The normalized spacial score (nSPS) is 25.6. The minimum absolute atomic E-state index is 0.127. The van der Waals surface area contributed by atoms with E-state index < -0.39 is 0 Å². The maximum Gasteiger partial charge on any atom is 0.223 e. The fourth-order valence-corrected chi connectivity index (χ4v) is 2.94. The molecule has 0 radical (unpaired) electrons. The summed E-state index contributed by atoms with van der Waals surface area (Å²) in [7, 11) is 4.09. The number of hydrogen-bond acceptors (Lipinski definition) is 3. The molecule has 0 aromatic carbocycles. The van der Waals surface area contributed by atoms with Crippen molar-refractivity contribution in [3.8, 4) is 0 Å². The average molecular weight is 269 g/mol. The molecule has 1 fully saturated rings. The maximum absolute atomic E-state index is 12.5. The van der Waals surface area contributed by atoms with Crippen LogP contribution in [0.1, 0.15) is 39.5 Å². The molecule has 19 heavy (non-hydrogen) atoms. The number of rotatable bonds is 6. The molecular formula is C15H31N3O. The molecule has 1 saturated carbocycles. The summed E-state index contributed by atoms with van der Waals surface area (Å²) in [6.45, 7) is 5.85. The second-order valence-corrected chi connectivity index (χ2v) is 6.51. The number of nitrogens with two attached hydrogens (primary N) is 1. The smallest absolute Gasteiger partial charge is 0.223 e. The van der Waals surface area contributed by atoms with Crippen LogP contribution < -0.4 is 11.1 Å². The van der Waals surface area contributed by atoms with Gasteiger partial charge in [0.2, 0.25) is 5.91 Å². The van der Waals surface area contributed by atoms with E-state index >= 15 is 0 Å². The lowest BCUT2D eigenvalue weighted by Gasteiger charge is -2.33. The van der Waals surface area contributed by atoms with Gasteiger partial charge in [0, 0.05) is 18.5 Å². The van der Waals surface area contributed by atoms with Crippen molar-refractivity contribution in [3.05, 3.63) is 0 Å².